The van der Waals surface area contributed by atoms with Crippen LogP contribution in [-0.2, 0) is 11.2 Å². The van der Waals surface area contributed by atoms with Crippen molar-refractivity contribution in [2.45, 2.75) is 44.5 Å². The van der Waals surface area contributed by atoms with E-state index in [1.165, 1.54) is 11.7 Å². The molecule has 1 N–H and O–H groups in total. The Labute approximate surface area is 87.2 Å². The van der Waals surface area contributed by atoms with E-state index in [-0.39, 0.29) is 12.2 Å². The van der Waals surface area contributed by atoms with Gasteiger partial charge in [-0.15, -0.1) is 0 Å². The third-order valence-electron chi connectivity index (χ3n) is 2.73. The third kappa shape index (κ3) is 1.80. The van der Waals surface area contributed by atoms with Crippen LogP contribution in [0.3, 0.4) is 0 Å². The van der Waals surface area contributed by atoms with Crippen LogP contribution in [0.5, 0.6) is 0 Å². The van der Waals surface area contributed by atoms with Gasteiger partial charge < -0.3 is 9.84 Å². The summed E-state index contributed by atoms with van der Waals surface area (Å²) in [6.07, 6.45) is 2.92. The minimum atomic E-state index is -0.769. The van der Waals surface area contributed by atoms with Crippen molar-refractivity contribution in [3.63, 3.8) is 0 Å². The summed E-state index contributed by atoms with van der Waals surface area (Å²) in [5.41, 5.74) is 0.0804. The van der Waals surface area contributed by atoms with Gasteiger partial charge in [0.2, 0.25) is 0 Å². The van der Waals surface area contributed by atoms with Gasteiger partial charge in [0.25, 0.3) is 0 Å². The van der Waals surface area contributed by atoms with Gasteiger partial charge in [-0.25, -0.2) is 0 Å². The molecule has 0 aliphatic carbocycles. The molecule has 5 heteroatoms. The summed E-state index contributed by atoms with van der Waals surface area (Å²) in [4.78, 5) is 0. The van der Waals surface area contributed by atoms with E-state index in [0.29, 0.717) is 12.8 Å². The highest BCUT2D eigenvalue weighted by Crippen LogP contribution is 2.32. The standard InChI is InChI=1S/C9H14N2O2S/c1-6-3-9(12,7(2)13-6)4-8-5-10-14-11-8/h5-7,12H,3-4H2,1-2H3. The van der Waals surface area contributed by atoms with Crippen molar-refractivity contribution < 1.29 is 9.84 Å². The highest BCUT2D eigenvalue weighted by atomic mass is 32.1. The topological polar surface area (TPSA) is 55.2 Å². The molecule has 0 aromatic carbocycles. The SMILES string of the molecule is CC1CC(O)(Cc2cnsn2)C(C)O1. The fourth-order valence-electron chi connectivity index (χ4n) is 1.98. The quantitative estimate of drug-likeness (QED) is 0.798. The Morgan fingerprint density at radius 3 is 3.00 bits per heavy atom. The van der Waals surface area contributed by atoms with E-state index in [4.69, 9.17) is 4.74 Å². The summed E-state index contributed by atoms with van der Waals surface area (Å²) >= 11 is 1.17. The molecule has 3 unspecified atom stereocenters. The average molecular weight is 214 g/mol. The van der Waals surface area contributed by atoms with Crippen LogP contribution in [0.1, 0.15) is 26.0 Å². The highest BCUT2D eigenvalue weighted by Gasteiger charge is 2.43. The first-order valence-corrected chi connectivity index (χ1v) is 5.47. The van der Waals surface area contributed by atoms with Crippen LogP contribution >= 0.6 is 11.7 Å². The molecule has 0 radical (unpaired) electrons. The summed E-state index contributed by atoms with van der Waals surface area (Å²) in [5, 5.41) is 10.3. The largest absolute Gasteiger partial charge is 0.387 e. The summed E-state index contributed by atoms with van der Waals surface area (Å²) in [7, 11) is 0. The predicted octanol–water partition coefficient (Wildman–Crippen LogP) is 1.01. The summed E-state index contributed by atoms with van der Waals surface area (Å²) in [6.45, 7) is 3.89. The molecule has 1 fully saturated rings. The first-order chi connectivity index (χ1) is 6.60. The Morgan fingerprint density at radius 2 is 2.50 bits per heavy atom. The minimum absolute atomic E-state index is 0.126. The van der Waals surface area contributed by atoms with Gasteiger partial charge in [0.15, 0.2) is 0 Å². The lowest BCUT2D eigenvalue weighted by atomic mass is 9.90. The molecular weight excluding hydrogens is 200 g/mol. The van der Waals surface area contributed by atoms with Crippen LogP contribution in [0.4, 0.5) is 0 Å². The van der Waals surface area contributed by atoms with Crippen LogP contribution in [0.2, 0.25) is 0 Å². The predicted molar refractivity (Wildman–Crippen MR) is 53.2 cm³/mol. The zero-order valence-corrected chi connectivity index (χ0v) is 9.12. The van der Waals surface area contributed by atoms with Gasteiger partial charge in [0.05, 0.1) is 41.4 Å². The maximum atomic E-state index is 10.3. The van der Waals surface area contributed by atoms with Gasteiger partial charge in [-0.3, -0.25) is 0 Å². The van der Waals surface area contributed by atoms with Crippen LogP contribution in [0.15, 0.2) is 6.20 Å². The first-order valence-electron chi connectivity index (χ1n) is 4.74. The van der Waals surface area contributed by atoms with E-state index < -0.39 is 5.60 Å². The van der Waals surface area contributed by atoms with Crippen molar-refractivity contribution in [1.82, 2.24) is 8.75 Å². The molecule has 0 spiro atoms. The summed E-state index contributed by atoms with van der Waals surface area (Å²) < 4.78 is 13.5. The van der Waals surface area contributed by atoms with E-state index in [1.807, 2.05) is 13.8 Å². The van der Waals surface area contributed by atoms with Crippen molar-refractivity contribution in [2.75, 3.05) is 0 Å². The molecule has 3 atom stereocenters. The molecule has 78 valence electrons. The number of hydrogen-bond acceptors (Lipinski definition) is 5. The van der Waals surface area contributed by atoms with E-state index in [0.717, 1.165) is 5.69 Å². The Kier molecular flexibility index (Phi) is 2.55. The second-order valence-electron chi connectivity index (χ2n) is 3.97. The van der Waals surface area contributed by atoms with Crippen LogP contribution in [-0.4, -0.2) is 31.7 Å². The van der Waals surface area contributed by atoms with E-state index in [9.17, 15) is 5.11 Å². The Balaban J connectivity index is 2.09. The fraction of sp³-hybridized carbons (Fsp3) is 0.778. The first kappa shape index (κ1) is 10.0. The normalized spacial score (nSPS) is 37.6. The van der Waals surface area contributed by atoms with Gasteiger partial charge in [0.1, 0.15) is 0 Å². The highest BCUT2D eigenvalue weighted by molar-refractivity contribution is 6.99. The van der Waals surface area contributed by atoms with Crippen LogP contribution in [0.25, 0.3) is 0 Å². The second kappa shape index (κ2) is 3.56. The number of hydrogen-bond donors (Lipinski definition) is 1. The zero-order valence-electron chi connectivity index (χ0n) is 8.30. The second-order valence-corrected chi connectivity index (χ2v) is 4.53. The van der Waals surface area contributed by atoms with Crippen molar-refractivity contribution in [3.8, 4) is 0 Å². The monoisotopic (exact) mass is 214 g/mol. The lowest BCUT2D eigenvalue weighted by Crippen LogP contribution is -2.38. The molecule has 0 bridgehead atoms. The van der Waals surface area contributed by atoms with E-state index in [1.54, 1.807) is 6.20 Å². The van der Waals surface area contributed by atoms with Gasteiger partial charge in [-0.1, -0.05) is 0 Å². The summed E-state index contributed by atoms with van der Waals surface area (Å²) in [5.74, 6) is 0. The van der Waals surface area contributed by atoms with Gasteiger partial charge in [-0.2, -0.15) is 8.75 Å². The maximum absolute atomic E-state index is 10.3. The Morgan fingerprint density at radius 1 is 1.71 bits per heavy atom. The molecule has 1 aliphatic heterocycles. The molecule has 0 saturated carbocycles. The third-order valence-corrected chi connectivity index (χ3v) is 3.24. The average Bonchev–Trinajstić information content (AvgIpc) is 2.62. The van der Waals surface area contributed by atoms with Crippen LogP contribution in [0, 0.1) is 0 Å². The number of ether oxygens (including phenoxy) is 1. The Bertz CT molecular complexity index is 304. The lowest BCUT2D eigenvalue weighted by molar-refractivity contribution is -0.0352. The molecular formula is C9H14N2O2S. The number of aliphatic hydroxyl groups is 1. The molecule has 2 heterocycles. The molecule has 1 saturated heterocycles. The van der Waals surface area contributed by atoms with Crippen molar-refractivity contribution in [2.24, 2.45) is 0 Å². The van der Waals surface area contributed by atoms with Crippen molar-refractivity contribution >= 4 is 11.7 Å². The smallest absolute Gasteiger partial charge is 0.0986 e. The van der Waals surface area contributed by atoms with Gasteiger partial charge >= 0.3 is 0 Å². The van der Waals surface area contributed by atoms with Gasteiger partial charge in [-0.05, 0) is 13.8 Å². The molecule has 1 aromatic rings. The van der Waals surface area contributed by atoms with E-state index >= 15 is 0 Å². The molecule has 4 nitrogen and oxygen atoms in total. The summed E-state index contributed by atoms with van der Waals surface area (Å²) in [6, 6.07) is 0. The fourth-order valence-corrected chi connectivity index (χ4v) is 2.41. The molecule has 0 amide bonds. The lowest BCUT2D eigenvalue weighted by Gasteiger charge is -2.24. The molecule has 1 aliphatic rings. The zero-order chi connectivity index (χ0) is 10.2. The molecule has 2 rings (SSSR count). The minimum Gasteiger partial charge on any atom is -0.387 e. The number of aromatic nitrogens is 2. The molecule has 1 aromatic heterocycles. The maximum Gasteiger partial charge on any atom is 0.0986 e. The van der Waals surface area contributed by atoms with Gasteiger partial charge in [0, 0.05) is 12.8 Å². The van der Waals surface area contributed by atoms with E-state index in [2.05, 4.69) is 8.75 Å². The molecule has 14 heavy (non-hydrogen) atoms. The van der Waals surface area contributed by atoms with Crippen LogP contribution < -0.4 is 0 Å². The number of rotatable bonds is 2. The number of nitrogens with zero attached hydrogens (tertiary/aromatic N) is 2. The Hall–Kier alpha value is -0.520. The van der Waals surface area contributed by atoms with Crippen molar-refractivity contribution in [1.29, 1.82) is 0 Å². The van der Waals surface area contributed by atoms with Crippen molar-refractivity contribution in [3.05, 3.63) is 11.9 Å².